The summed E-state index contributed by atoms with van der Waals surface area (Å²) in [5.41, 5.74) is 8.05. The summed E-state index contributed by atoms with van der Waals surface area (Å²) < 4.78 is 5.89. The molecule has 0 saturated carbocycles. The molecule has 0 atom stereocenters. The van der Waals surface area contributed by atoms with Gasteiger partial charge in [0.25, 0.3) is 0 Å². The van der Waals surface area contributed by atoms with E-state index in [4.69, 9.17) is 10.5 Å². The van der Waals surface area contributed by atoms with Gasteiger partial charge in [-0.1, -0.05) is 6.92 Å². The lowest BCUT2D eigenvalue weighted by Gasteiger charge is -2.10. The van der Waals surface area contributed by atoms with Crippen molar-refractivity contribution in [3.63, 3.8) is 0 Å². The lowest BCUT2D eigenvalue weighted by molar-refractivity contribution is 0.321. The van der Waals surface area contributed by atoms with Crippen LogP contribution < -0.4 is 15.8 Å². The van der Waals surface area contributed by atoms with E-state index in [0.29, 0.717) is 6.61 Å². The predicted molar refractivity (Wildman–Crippen MR) is 86.9 cm³/mol. The molecule has 3 rings (SSSR count). The van der Waals surface area contributed by atoms with Gasteiger partial charge < -0.3 is 20.8 Å². The summed E-state index contributed by atoms with van der Waals surface area (Å²) in [6.45, 7) is 2.71. The molecule has 0 spiro atoms. The first-order valence-electron chi connectivity index (χ1n) is 7.14. The van der Waals surface area contributed by atoms with Gasteiger partial charge >= 0.3 is 0 Å². The molecule has 3 aromatic heterocycles. The van der Waals surface area contributed by atoms with Crippen molar-refractivity contribution >= 4 is 22.8 Å². The topological polar surface area (TPSA) is 102 Å². The molecule has 4 N–H and O–H groups in total. The van der Waals surface area contributed by atoms with Crippen molar-refractivity contribution in [3.8, 4) is 17.0 Å². The van der Waals surface area contributed by atoms with Crippen LogP contribution in [0.2, 0.25) is 0 Å². The van der Waals surface area contributed by atoms with Crippen molar-refractivity contribution in [2.45, 2.75) is 13.3 Å². The summed E-state index contributed by atoms with van der Waals surface area (Å²) in [7, 11) is 1.83. The number of nitrogens with two attached hydrogens (primary N) is 1. The largest absolute Gasteiger partial charge is 0.493 e. The van der Waals surface area contributed by atoms with E-state index in [-0.39, 0.29) is 5.95 Å². The Morgan fingerprint density at radius 1 is 1.36 bits per heavy atom. The van der Waals surface area contributed by atoms with Gasteiger partial charge in [0.2, 0.25) is 5.95 Å². The maximum atomic E-state index is 5.89. The third-order valence-corrected chi connectivity index (χ3v) is 3.27. The van der Waals surface area contributed by atoms with Gasteiger partial charge in [-0.05, 0) is 12.5 Å². The summed E-state index contributed by atoms with van der Waals surface area (Å²) >= 11 is 0. The monoisotopic (exact) mass is 298 g/mol. The number of aromatic nitrogens is 4. The zero-order valence-corrected chi connectivity index (χ0v) is 12.6. The van der Waals surface area contributed by atoms with E-state index < -0.39 is 0 Å². The van der Waals surface area contributed by atoms with E-state index in [1.165, 1.54) is 0 Å². The minimum absolute atomic E-state index is 0.239. The molecule has 0 aliphatic carbocycles. The molecule has 114 valence electrons. The Hall–Kier alpha value is -2.83. The number of aromatic amines is 1. The van der Waals surface area contributed by atoms with Gasteiger partial charge in [-0.25, -0.2) is 15.0 Å². The molecule has 0 fully saturated rings. The van der Waals surface area contributed by atoms with Gasteiger partial charge in [0.1, 0.15) is 17.2 Å². The first kappa shape index (κ1) is 14.1. The number of anilines is 2. The van der Waals surface area contributed by atoms with Crippen molar-refractivity contribution < 1.29 is 4.74 Å². The molecule has 0 radical (unpaired) electrons. The normalized spacial score (nSPS) is 10.8. The fraction of sp³-hybridized carbons (Fsp3) is 0.267. The van der Waals surface area contributed by atoms with E-state index in [0.717, 1.165) is 40.3 Å². The average Bonchev–Trinajstić information content (AvgIpc) is 2.96. The molecule has 0 amide bonds. The van der Waals surface area contributed by atoms with Gasteiger partial charge in [0.15, 0.2) is 0 Å². The number of fused-ring (bicyclic) bond motifs is 1. The zero-order valence-electron chi connectivity index (χ0n) is 12.6. The SMILES string of the molecule is CCCOc1cc(NC)nc2[nH]cc(-c3ccnc(N)n3)c12. The highest BCUT2D eigenvalue weighted by Gasteiger charge is 2.15. The van der Waals surface area contributed by atoms with Crippen molar-refractivity contribution in [1.29, 1.82) is 0 Å². The van der Waals surface area contributed by atoms with Crippen LogP contribution in [0.25, 0.3) is 22.3 Å². The Bertz CT molecular complexity index is 798. The number of H-pyrrole nitrogens is 1. The number of pyridine rings is 1. The molecule has 3 heterocycles. The fourth-order valence-corrected chi connectivity index (χ4v) is 2.28. The molecule has 0 aliphatic rings. The molecular formula is C15H18N6O. The summed E-state index contributed by atoms with van der Waals surface area (Å²) in [6, 6.07) is 3.70. The van der Waals surface area contributed by atoms with Crippen LogP contribution in [-0.4, -0.2) is 33.6 Å². The molecule has 0 saturated heterocycles. The Labute approximate surface area is 128 Å². The minimum Gasteiger partial charge on any atom is -0.493 e. The number of rotatable bonds is 5. The maximum absolute atomic E-state index is 5.89. The highest BCUT2D eigenvalue weighted by molar-refractivity contribution is 5.98. The number of hydrogen-bond donors (Lipinski definition) is 3. The molecule has 0 aromatic carbocycles. The van der Waals surface area contributed by atoms with Crippen LogP contribution in [0.4, 0.5) is 11.8 Å². The lowest BCUT2D eigenvalue weighted by Crippen LogP contribution is -2.00. The van der Waals surface area contributed by atoms with Gasteiger partial charge in [0.05, 0.1) is 17.7 Å². The van der Waals surface area contributed by atoms with Gasteiger partial charge in [0, 0.05) is 31.1 Å². The van der Waals surface area contributed by atoms with Crippen LogP contribution >= 0.6 is 0 Å². The second-order valence-corrected chi connectivity index (χ2v) is 4.83. The number of nitrogens with one attached hydrogen (secondary N) is 2. The van der Waals surface area contributed by atoms with Crippen molar-refractivity contribution in [2.24, 2.45) is 0 Å². The number of hydrogen-bond acceptors (Lipinski definition) is 6. The summed E-state index contributed by atoms with van der Waals surface area (Å²) in [5.74, 6) is 1.75. The fourth-order valence-electron chi connectivity index (χ4n) is 2.28. The maximum Gasteiger partial charge on any atom is 0.220 e. The Morgan fingerprint density at radius 2 is 2.23 bits per heavy atom. The van der Waals surface area contributed by atoms with Crippen molar-refractivity contribution in [2.75, 3.05) is 24.7 Å². The zero-order chi connectivity index (χ0) is 15.5. The van der Waals surface area contributed by atoms with Gasteiger partial charge in [-0.15, -0.1) is 0 Å². The molecule has 7 heteroatoms. The molecule has 22 heavy (non-hydrogen) atoms. The number of nitrogens with zero attached hydrogens (tertiary/aromatic N) is 3. The molecular weight excluding hydrogens is 280 g/mol. The number of ether oxygens (including phenoxy) is 1. The van der Waals surface area contributed by atoms with E-state index in [9.17, 15) is 0 Å². The number of nitrogen functional groups attached to an aromatic ring is 1. The van der Waals surface area contributed by atoms with Crippen LogP contribution in [0.1, 0.15) is 13.3 Å². The van der Waals surface area contributed by atoms with E-state index in [1.807, 2.05) is 25.4 Å². The van der Waals surface area contributed by atoms with Crippen molar-refractivity contribution in [1.82, 2.24) is 19.9 Å². The second kappa shape index (κ2) is 5.88. The molecule has 3 aromatic rings. The smallest absolute Gasteiger partial charge is 0.220 e. The van der Waals surface area contributed by atoms with Gasteiger partial charge in [-0.2, -0.15) is 0 Å². The van der Waals surface area contributed by atoms with Crippen LogP contribution in [0.3, 0.4) is 0 Å². The predicted octanol–water partition coefficient (Wildman–Crippen LogP) is 2.43. The quantitative estimate of drug-likeness (QED) is 0.668. The molecule has 0 unspecified atom stereocenters. The first-order chi connectivity index (χ1) is 10.7. The Balaban J connectivity index is 2.19. The highest BCUT2D eigenvalue weighted by Crippen LogP contribution is 2.35. The first-order valence-corrected chi connectivity index (χ1v) is 7.14. The van der Waals surface area contributed by atoms with Crippen LogP contribution in [-0.2, 0) is 0 Å². The van der Waals surface area contributed by atoms with E-state index >= 15 is 0 Å². The second-order valence-electron chi connectivity index (χ2n) is 4.83. The Kier molecular flexibility index (Phi) is 3.78. The molecule has 0 bridgehead atoms. The van der Waals surface area contributed by atoms with Crippen LogP contribution in [0, 0.1) is 0 Å². The lowest BCUT2D eigenvalue weighted by atomic mass is 10.1. The summed E-state index contributed by atoms with van der Waals surface area (Å²) in [5, 5.41) is 3.93. The minimum atomic E-state index is 0.239. The Morgan fingerprint density at radius 3 is 2.95 bits per heavy atom. The van der Waals surface area contributed by atoms with E-state index in [2.05, 4.69) is 32.2 Å². The summed E-state index contributed by atoms with van der Waals surface area (Å²) in [6.07, 6.45) is 4.43. The van der Waals surface area contributed by atoms with Gasteiger partial charge in [-0.3, -0.25) is 0 Å². The van der Waals surface area contributed by atoms with Crippen molar-refractivity contribution in [3.05, 3.63) is 24.5 Å². The van der Waals surface area contributed by atoms with Crippen LogP contribution in [0.15, 0.2) is 24.5 Å². The van der Waals surface area contributed by atoms with Crippen LogP contribution in [0.5, 0.6) is 5.75 Å². The molecule has 0 aliphatic heterocycles. The van der Waals surface area contributed by atoms with E-state index in [1.54, 1.807) is 6.20 Å². The standard InChI is InChI=1S/C15H18N6O/c1-3-6-22-11-7-12(17-2)21-14-13(11)9(8-19-14)10-4-5-18-15(16)20-10/h4-5,7-8H,3,6H2,1-2H3,(H2,16,18,20)(H2,17,19,21). The third-order valence-electron chi connectivity index (χ3n) is 3.27. The molecule has 7 nitrogen and oxygen atoms in total. The average molecular weight is 298 g/mol. The highest BCUT2D eigenvalue weighted by atomic mass is 16.5. The third kappa shape index (κ3) is 2.52. The summed E-state index contributed by atoms with van der Waals surface area (Å²) in [4.78, 5) is 15.9.